The highest BCUT2D eigenvalue weighted by atomic mass is 79.9. The predicted octanol–water partition coefficient (Wildman–Crippen LogP) is 1.52. The maximum absolute atomic E-state index is 11.2. The fraction of sp³-hybridized carbons (Fsp3) is 0.222. The number of rotatable bonds is 4. The molecule has 8 heteroatoms. The summed E-state index contributed by atoms with van der Waals surface area (Å²) >= 11 is 14.6. The Morgan fingerprint density at radius 3 is 1.65 bits per heavy atom. The van der Waals surface area contributed by atoms with Gasteiger partial charge >= 0.3 is 0 Å². The van der Waals surface area contributed by atoms with Crippen molar-refractivity contribution in [3.05, 3.63) is 27.0 Å². The van der Waals surface area contributed by atoms with Crippen molar-refractivity contribution >= 4 is 50.9 Å². The van der Waals surface area contributed by atoms with Crippen LogP contribution in [0.1, 0.15) is 32.1 Å². The Hall–Kier alpha value is -0.850. The minimum Gasteiger partial charge on any atom is -0.364 e. The van der Waals surface area contributed by atoms with E-state index in [9.17, 15) is 9.59 Å². The number of nitrogens with zero attached hydrogens (tertiary/aromatic N) is 1. The van der Waals surface area contributed by atoms with E-state index in [1.807, 2.05) is 0 Å². The van der Waals surface area contributed by atoms with Crippen molar-refractivity contribution in [3.8, 4) is 0 Å². The van der Waals surface area contributed by atoms with Gasteiger partial charge in [0.25, 0.3) is 11.8 Å². The molecule has 1 aromatic heterocycles. The number of halogens is 3. The highest BCUT2D eigenvalue weighted by Crippen LogP contribution is 2.29. The quantitative estimate of drug-likeness (QED) is 0.813. The first-order valence-electron chi connectivity index (χ1n) is 4.36. The first kappa shape index (κ1) is 14.2. The third-order valence-corrected chi connectivity index (χ3v) is 3.55. The summed E-state index contributed by atoms with van der Waals surface area (Å²) < 4.78 is 0.431. The second-order valence-corrected chi connectivity index (χ2v) is 4.40. The SMILES string of the molecule is NC(=O)c1nc(C(N)=O)c(CCl)c(Br)c1CCl. The fourth-order valence-corrected chi connectivity index (χ4v) is 2.79. The van der Waals surface area contributed by atoms with Gasteiger partial charge < -0.3 is 11.5 Å². The monoisotopic (exact) mass is 339 g/mol. The van der Waals surface area contributed by atoms with Crippen molar-refractivity contribution in [2.45, 2.75) is 11.8 Å². The third kappa shape index (κ3) is 2.70. The molecule has 92 valence electrons. The van der Waals surface area contributed by atoms with Gasteiger partial charge in [-0.05, 0) is 15.9 Å². The van der Waals surface area contributed by atoms with Crippen molar-refractivity contribution in [3.63, 3.8) is 0 Å². The van der Waals surface area contributed by atoms with Gasteiger partial charge in [0.15, 0.2) is 0 Å². The standard InChI is InChI=1S/C9H8BrCl2N3O2/c10-5-3(1-11)6(8(13)16)15-7(9(14)17)4(5)2-12/h1-2H2,(H2,13,16)(H2,14,17). The largest absolute Gasteiger partial charge is 0.364 e. The van der Waals surface area contributed by atoms with Crippen molar-refractivity contribution in [2.75, 3.05) is 0 Å². The zero-order valence-electron chi connectivity index (χ0n) is 8.47. The van der Waals surface area contributed by atoms with Crippen LogP contribution in [-0.4, -0.2) is 16.8 Å². The van der Waals surface area contributed by atoms with Gasteiger partial charge in [-0.25, -0.2) is 4.98 Å². The zero-order chi connectivity index (χ0) is 13.2. The van der Waals surface area contributed by atoms with Crippen LogP contribution < -0.4 is 11.5 Å². The highest BCUT2D eigenvalue weighted by Gasteiger charge is 2.22. The van der Waals surface area contributed by atoms with E-state index in [-0.39, 0.29) is 23.1 Å². The predicted molar refractivity (Wildman–Crippen MR) is 68.1 cm³/mol. The lowest BCUT2D eigenvalue weighted by Crippen LogP contribution is -2.23. The molecule has 0 bridgehead atoms. The first-order valence-corrected chi connectivity index (χ1v) is 6.23. The molecule has 4 N–H and O–H groups in total. The number of alkyl halides is 2. The van der Waals surface area contributed by atoms with E-state index in [0.29, 0.717) is 15.6 Å². The molecule has 0 fully saturated rings. The van der Waals surface area contributed by atoms with Crippen molar-refractivity contribution in [2.24, 2.45) is 11.5 Å². The number of carbonyl (C=O) groups is 2. The van der Waals surface area contributed by atoms with Crippen LogP contribution in [0.15, 0.2) is 4.47 Å². The molecule has 0 radical (unpaired) electrons. The van der Waals surface area contributed by atoms with Crippen LogP contribution >= 0.6 is 39.1 Å². The van der Waals surface area contributed by atoms with Crippen molar-refractivity contribution in [1.29, 1.82) is 0 Å². The molecule has 0 unspecified atom stereocenters. The van der Waals surface area contributed by atoms with E-state index in [2.05, 4.69) is 20.9 Å². The average Bonchev–Trinajstić information content (AvgIpc) is 2.27. The summed E-state index contributed by atoms with van der Waals surface area (Å²) in [5, 5.41) is 0. The van der Waals surface area contributed by atoms with Crippen LogP contribution in [0.25, 0.3) is 0 Å². The molecular weight excluding hydrogens is 333 g/mol. The van der Waals surface area contributed by atoms with Crippen molar-refractivity contribution in [1.82, 2.24) is 4.98 Å². The van der Waals surface area contributed by atoms with Crippen LogP contribution in [0.4, 0.5) is 0 Å². The van der Waals surface area contributed by atoms with Crippen LogP contribution in [0.5, 0.6) is 0 Å². The molecule has 0 atom stereocenters. The van der Waals surface area contributed by atoms with Crippen LogP contribution in [-0.2, 0) is 11.8 Å². The summed E-state index contributed by atoms with van der Waals surface area (Å²) in [6.07, 6.45) is 0. The topological polar surface area (TPSA) is 99.1 Å². The maximum atomic E-state index is 11.2. The van der Waals surface area contributed by atoms with E-state index < -0.39 is 11.8 Å². The summed E-state index contributed by atoms with van der Waals surface area (Å²) in [7, 11) is 0. The van der Waals surface area contributed by atoms with E-state index in [0.717, 1.165) is 0 Å². The Balaban J connectivity index is 3.66. The molecule has 2 amide bonds. The molecule has 0 saturated carbocycles. The second kappa shape index (κ2) is 5.66. The number of primary amides is 2. The van der Waals surface area contributed by atoms with Gasteiger partial charge in [0.1, 0.15) is 11.4 Å². The molecule has 0 aromatic carbocycles. The number of nitrogens with two attached hydrogens (primary N) is 2. The van der Waals surface area contributed by atoms with Gasteiger partial charge in [-0.2, -0.15) is 0 Å². The number of pyridine rings is 1. The van der Waals surface area contributed by atoms with Gasteiger partial charge in [0.2, 0.25) is 0 Å². The minimum absolute atomic E-state index is 0.00872. The molecular formula is C9H8BrCl2N3O2. The minimum atomic E-state index is -0.787. The van der Waals surface area contributed by atoms with Gasteiger partial charge in [-0.3, -0.25) is 9.59 Å². The lowest BCUT2D eigenvalue weighted by Gasteiger charge is -2.12. The number of hydrogen-bond donors (Lipinski definition) is 2. The Bertz CT molecular complexity index is 453. The molecule has 0 aliphatic rings. The fourth-order valence-electron chi connectivity index (χ4n) is 1.29. The molecule has 0 saturated heterocycles. The van der Waals surface area contributed by atoms with E-state index in [4.69, 9.17) is 34.7 Å². The second-order valence-electron chi connectivity index (χ2n) is 3.08. The highest BCUT2D eigenvalue weighted by molar-refractivity contribution is 9.10. The molecule has 0 aliphatic carbocycles. The van der Waals surface area contributed by atoms with Crippen molar-refractivity contribution < 1.29 is 9.59 Å². The normalized spacial score (nSPS) is 10.3. The van der Waals surface area contributed by atoms with Gasteiger partial charge in [0.05, 0.1) is 11.8 Å². The maximum Gasteiger partial charge on any atom is 0.267 e. The lowest BCUT2D eigenvalue weighted by atomic mass is 10.1. The summed E-state index contributed by atoms with van der Waals surface area (Å²) in [6.45, 7) is 0. The summed E-state index contributed by atoms with van der Waals surface area (Å²) in [5.74, 6) is -1.56. The first-order chi connectivity index (χ1) is 7.93. The van der Waals surface area contributed by atoms with E-state index in [1.165, 1.54) is 0 Å². The number of carbonyl (C=O) groups excluding carboxylic acids is 2. The summed E-state index contributed by atoms with van der Waals surface area (Å²) in [4.78, 5) is 26.2. The van der Waals surface area contributed by atoms with Crippen LogP contribution in [0.3, 0.4) is 0 Å². The van der Waals surface area contributed by atoms with E-state index in [1.54, 1.807) is 0 Å². The molecule has 0 spiro atoms. The number of amides is 2. The Morgan fingerprint density at radius 2 is 1.41 bits per heavy atom. The van der Waals surface area contributed by atoms with E-state index >= 15 is 0 Å². The Labute approximate surface area is 116 Å². The number of aromatic nitrogens is 1. The smallest absolute Gasteiger partial charge is 0.267 e. The molecule has 1 rings (SSSR count). The molecule has 5 nitrogen and oxygen atoms in total. The third-order valence-electron chi connectivity index (χ3n) is 2.06. The zero-order valence-corrected chi connectivity index (χ0v) is 11.6. The number of hydrogen-bond acceptors (Lipinski definition) is 3. The van der Waals surface area contributed by atoms with Gasteiger partial charge in [-0.1, -0.05) is 0 Å². The van der Waals surface area contributed by atoms with Gasteiger partial charge in [-0.15, -0.1) is 23.2 Å². The lowest BCUT2D eigenvalue weighted by molar-refractivity contribution is 0.0991. The average molecular weight is 341 g/mol. The molecule has 0 aliphatic heterocycles. The Kier molecular flexibility index (Phi) is 4.73. The van der Waals surface area contributed by atoms with Crippen LogP contribution in [0, 0.1) is 0 Å². The summed E-state index contributed by atoms with van der Waals surface area (Å²) in [5.41, 5.74) is 10.9. The molecule has 17 heavy (non-hydrogen) atoms. The van der Waals surface area contributed by atoms with Crippen LogP contribution in [0.2, 0.25) is 0 Å². The molecule has 1 heterocycles. The molecule has 1 aromatic rings. The summed E-state index contributed by atoms with van der Waals surface area (Å²) in [6, 6.07) is 0. The van der Waals surface area contributed by atoms with Gasteiger partial charge in [0, 0.05) is 15.6 Å². The Morgan fingerprint density at radius 1 is 1.06 bits per heavy atom.